The first-order valence-corrected chi connectivity index (χ1v) is 39.9. The summed E-state index contributed by atoms with van der Waals surface area (Å²) >= 11 is 0. The summed E-state index contributed by atoms with van der Waals surface area (Å²) in [6.07, 6.45) is 102. The summed E-state index contributed by atoms with van der Waals surface area (Å²) in [5.41, 5.74) is 0. The fourth-order valence-electron chi connectivity index (χ4n) is 12.5. The molecule has 0 aliphatic rings. The van der Waals surface area contributed by atoms with Crippen LogP contribution in [-0.4, -0.2) is 47.4 Å². The van der Waals surface area contributed by atoms with E-state index in [1.165, 1.54) is 360 Å². The van der Waals surface area contributed by atoms with E-state index in [2.05, 4.69) is 55.6 Å². The number of aliphatic hydroxyl groups excluding tert-OH is 2. The molecular weight excluding hydrogens is 1080 g/mol. The lowest BCUT2D eigenvalue weighted by Crippen LogP contribution is -2.45. The zero-order chi connectivity index (χ0) is 63.5. The van der Waals surface area contributed by atoms with Crippen LogP contribution in [0, 0.1) is 0 Å². The van der Waals surface area contributed by atoms with Crippen LogP contribution in [0.3, 0.4) is 0 Å². The van der Waals surface area contributed by atoms with E-state index in [0.717, 1.165) is 51.4 Å². The molecule has 0 aromatic heterocycles. The van der Waals surface area contributed by atoms with Crippen molar-refractivity contribution in [3.63, 3.8) is 0 Å². The Morgan fingerprint density at radius 1 is 0.318 bits per heavy atom. The number of amides is 1. The second-order valence-electron chi connectivity index (χ2n) is 27.4. The average Bonchev–Trinajstić information content (AvgIpc) is 3.59. The lowest BCUT2D eigenvalue weighted by Gasteiger charge is -2.20. The number of rotatable bonds is 75. The summed E-state index contributed by atoms with van der Waals surface area (Å²) in [4.78, 5) is 24.7. The molecule has 0 aromatic carbocycles. The van der Waals surface area contributed by atoms with Crippen LogP contribution in [0.1, 0.15) is 438 Å². The molecular formula is C82H155NO5. The predicted molar refractivity (Wildman–Crippen MR) is 389 cm³/mol. The van der Waals surface area contributed by atoms with Gasteiger partial charge in [0.1, 0.15) is 0 Å². The van der Waals surface area contributed by atoms with Gasteiger partial charge in [-0.2, -0.15) is 0 Å². The number of hydrogen-bond donors (Lipinski definition) is 3. The number of esters is 1. The van der Waals surface area contributed by atoms with Crippen molar-refractivity contribution >= 4 is 11.9 Å². The van der Waals surface area contributed by atoms with E-state index in [-0.39, 0.29) is 18.5 Å². The quantitative estimate of drug-likeness (QED) is 0.0320. The van der Waals surface area contributed by atoms with Gasteiger partial charge in [-0.1, -0.05) is 383 Å². The minimum Gasteiger partial charge on any atom is -0.466 e. The molecule has 0 bridgehead atoms. The predicted octanol–water partition coefficient (Wildman–Crippen LogP) is 26.4. The highest BCUT2D eigenvalue weighted by Gasteiger charge is 2.18. The van der Waals surface area contributed by atoms with Gasteiger partial charge >= 0.3 is 5.97 Å². The van der Waals surface area contributed by atoms with E-state index in [4.69, 9.17) is 4.74 Å². The van der Waals surface area contributed by atoms with Crippen molar-refractivity contribution in [2.24, 2.45) is 0 Å². The SMILES string of the molecule is CCCCCC/C=C\C/C=C\CCCCCCCCCC(=O)OCCCCCCCCCCCCCC/C=C\CCCCCCCCCCCCCCCCC(=O)NC(CO)C(O)/C=C/CCCCCCCCCCCCCCCCCCCCCCC. The zero-order valence-corrected chi connectivity index (χ0v) is 59.5. The van der Waals surface area contributed by atoms with Gasteiger partial charge < -0.3 is 20.3 Å². The Bertz CT molecular complexity index is 1470. The number of carbonyl (C=O) groups excluding carboxylic acids is 2. The Morgan fingerprint density at radius 2 is 0.568 bits per heavy atom. The molecule has 0 rings (SSSR count). The summed E-state index contributed by atoms with van der Waals surface area (Å²) in [6, 6.07) is -0.629. The van der Waals surface area contributed by atoms with Crippen LogP contribution in [0.5, 0.6) is 0 Å². The highest BCUT2D eigenvalue weighted by molar-refractivity contribution is 5.76. The third kappa shape index (κ3) is 72.9. The van der Waals surface area contributed by atoms with E-state index in [1.807, 2.05) is 6.08 Å². The molecule has 2 atom stereocenters. The van der Waals surface area contributed by atoms with Crippen molar-refractivity contribution in [2.45, 2.75) is 450 Å². The largest absolute Gasteiger partial charge is 0.466 e. The number of allylic oxidation sites excluding steroid dienone is 7. The molecule has 88 heavy (non-hydrogen) atoms. The van der Waals surface area contributed by atoms with Crippen LogP contribution < -0.4 is 5.32 Å². The van der Waals surface area contributed by atoms with Gasteiger partial charge in [0.2, 0.25) is 5.91 Å². The summed E-state index contributed by atoms with van der Waals surface area (Å²) in [6.45, 7) is 4.93. The van der Waals surface area contributed by atoms with Crippen molar-refractivity contribution in [1.82, 2.24) is 5.32 Å². The summed E-state index contributed by atoms with van der Waals surface area (Å²) in [7, 11) is 0. The van der Waals surface area contributed by atoms with E-state index in [9.17, 15) is 19.8 Å². The van der Waals surface area contributed by atoms with Crippen LogP contribution in [0.4, 0.5) is 0 Å². The molecule has 0 aromatic rings. The monoisotopic (exact) mass is 1230 g/mol. The number of hydrogen-bond acceptors (Lipinski definition) is 5. The number of ether oxygens (including phenoxy) is 1. The van der Waals surface area contributed by atoms with Crippen LogP contribution in [0.2, 0.25) is 0 Å². The summed E-state index contributed by atoms with van der Waals surface area (Å²) in [5.74, 6) is -0.0521. The molecule has 0 radical (unpaired) electrons. The van der Waals surface area contributed by atoms with Gasteiger partial charge in [-0.05, 0) is 89.9 Å². The standard InChI is InChI=1S/C82H155NO5/c1-3-5-7-9-11-13-15-17-19-21-23-24-33-36-39-42-46-50-54-58-62-66-70-74-80(85)79(78-84)83-81(86)75-71-67-63-59-55-51-47-43-40-37-34-31-29-27-25-26-28-30-32-35-38-41-45-49-53-57-61-65-69-73-77-88-82(87)76-72-68-64-60-56-52-48-44-22-20-18-16-14-12-10-8-6-4-2/h14,16,20,22,26,28,70,74,79-80,84-85H,3-13,15,17-19,21,23-25,27,29-69,71-73,75-78H2,1-2H3,(H,83,86)/b16-14-,22-20-,28-26-,74-70+. The molecule has 0 saturated heterocycles. The Labute approximate surface area is 550 Å². The average molecular weight is 1240 g/mol. The molecule has 2 unspecified atom stereocenters. The minimum absolute atomic E-state index is 0.0100. The van der Waals surface area contributed by atoms with E-state index < -0.39 is 12.1 Å². The van der Waals surface area contributed by atoms with Crippen LogP contribution in [-0.2, 0) is 14.3 Å². The Hall–Kier alpha value is -2.18. The van der Waals surface area contributed by atoms with Crippen LogP contribution >= 0.6 is 0 Å². The van der Waals surface area contributed by atoms with Gasteiger partial charge in [0.05, 0.1) is 25.4 Å². The second-order valence-corrected chi connectivity index (χ2v) is 27.4. The maximum Gasteiger partial charge on any atom is 0.305 e. The van der Waals surface area contributed by atoms with Gasteiger partial charge in [-0.3, -0.25) is 9.59 Å². The minimum atomic E-state index is -0.846. The lowest BCUT2D eigenvalue weighted by atomic mass is 10.0. The van der Waals surface area contributed by atoms with Crippen molar-refractivity contribution in [2.75, 3.05) is 13.2 Å². The van der Waals surface area contributed by atoms with Gasteiger partial charge in [0.25, 0.3) is 0 Å². The van der Waals surface area contributed by atoms with Gasteiger partial charge in [0, 0.05) is 12.8 Å². The molecule has 0 fully saturated rings. The van der Waals surface area contributed by atoms with Crippen molar-refractivity contribution in [3.05, 3.63) is 48.6 Å². The molecule has 1 amide bonds. The van der Waals surface area contributed by atoms with Crippen molar-refractivity contribution in [1.29, 1.82) is 0 Å². The molecule has 0 aliphatic carbocycles. The smallest absolute Gasteiger partial charge is 0.305 e. The van der Waals surface area contributed by atoms with E-state index >= 15 is 0 Å². The van der Waals surface area contributed by atoms with E-state index in [0.29, 0.717) is 19.4 Å². The first-order valence-electron chi connectivity index (χ1n) is 39.9. The molecule has 3 N–H and O–H groups in total. The third-order valence-corrected chi connectivity index (χ3v) is 18.6. The molecule has 0 spiro atoms. The molecule has 6 nitrogen and oxygen atoms in total. The summed E-state index contributed by atoms with van der Waals surface area (Å²) < 4.78 is 5.51. The number of unbranched alkanes of at least 4 members (excludes halogenated alkanes) is 58. The maximum atomic E-state index is 12.6. The Balaban J connectivity index is 3.39. The first-order chi connectivity index (χ1) is 43.5. The number of aliphatic hydroxyl groups is 2. The Morgan fingerprint density at radius 3 is 0.886 bits per heavy atom. The first kappa shape index (κ1) is 85.8. The fraction of sp³-hybridized carbons (Fsp3) is 0.878. The molecule has 6 heteroatoms. The van der Waals surface area contributed by atoms with Crippen molar-refractivity contribution in [3.8, 4) is 0 Å². The number of nitrogens with one attached hydrogen (secondary N) is 1. The van der Waals surface area contributed by atoms with Gasteiger partial charge in [-0.25, -0.2) is 0 Å². The third-order valence-electron chi connectivity index (χ3n) is 18.6. The molecule has 0 aliphatic heterocycles. The fourth-order valence-corrected chi connectivity index (χ4v) is 12.5. The normalized spacial score (nSPS) is 12.7. The van der Waals surface area contributed by atoms with Crippen LogP contribution in [0.15, 0.2) is 48.6 Å². The Kier molecular flexibility index (Phi) is 75.4. The van der Waals surface area contributed by atoms with E-state index in [1.54, 1.807) is 6.08 Å². The molecule has 518 valence electrons. The highest BCUT2D eigenvalue weighted by Crippen LogP contribution is 2.19. The topological polar surface area (TPSA) is 95.9 Å². The number of carbonyl (C=O) groups is 2. The van der Waals surface area contributed by atoms with Crippen LogP contribution in [0.25, 0.3) is 0 Å². The highest BCUT2D eigenvalue weighted by atomic mass is 16.5. The molecule has 0 saturated carbocycles. The van der Waals surface area contributed by atoms with Gasteiger partial charge in [-0.15, -0.1) is 0 Å². The zero-order valence-electron chi connectivity index (χ0n) is 59.5. The maximum absolute atomic E-state index is 12.6. The second kappa shape index (κ2) is 77.3. The van der Waals surface area contributed by atoms with Crippen molar-refractivity contribution < 1.29 is 24.5 Å². The summed E-state index contributed by atoms with van der Waals surface area (Å²) in [5, 5.41) is 23.3. The lowest BCUT2D eigenvalue weighted by molar-refractivity contribution is -0.143. The molecule has 0 heterocycles. The van der Waals surface area contributed by atoms with Gasteiger partial charge in [0.15, 0.2) is 0 Å².